The van der Waals surface area contributed by atoms with Crippen LogP contribution in [-0.2, 0) is 39.2 Å². The van der Waals surface area contributed by atoms with E-state index in [1.165, 1.54) is 13.1 Å². The maximum atomic E-state index is 13.7. The number of amides is 1. The van der Waals surface area contributed by atoms with E-state index in [-0.39, 0.29) is 27.9 Å². The van der Waals surface area contributed by atoms with Gasteiger partial charge in [0.05, 0.1) is 17.7 Å². The molecule has 4 N–H and O–H groups in total. The first kappa shape index (κ1) is 34.4. The van der Waals surface area contributed by atoms with Gasteiger partial charge in [0.25, 0.3) is 15.7 Å². The molecule has 1 unspecified atom stereocenters. The molecule has 42 heavy (non-hydrogen) atoms. The van der Waals surface area contributed by atoms with Gasteiger partial charge in [0, 0.05) is 11.8 Å². The third-order valence-electron chi connectivity index (χ3n) is 9.02. The lowest BCUT2D eigenvalue weighted by Gasteiger charge is -2.43. The van der Waals surface area contributed by atoms with Gasteiger partial charge in [0.2, 0.25) is 5.91 Å². The first-order chi connectivity index (χ1) is 18.8. The molecule has 238 valence electrons. The van der Waals surface area contributed by atoms with Gasteiger partial charge in [0.15, 0.2) is 28.5 Å². The Morgan fingerprint density at radius 1 is 1.07 bits per heavy atom. The lowest BCUT2D eigenvalue weighted by Crippen LogP contribution is -2.59. The highest BCUT2D eigenvalue weighted by Gasteiger charge is 2.67. The van der Waals surface area contributed by atoms with Crippen molar-refractivity contribution >= 4 is 32.7 Å². The van der Waals surface area contributed by atoms with E-state index in [2.05, 4.69) is 20.8 Å². The summed E-state index contributed by atoms with van der Waals surface area (Å²) >= 11 is 0. The van der Waals surface area contributed by atoms with Crippen LogP contribution in [-0.4, -0.2) is 64.5 Å². The summed E-state index contributed by atoms with van der Waals surface area (Å²) in [7, 11) is -9.40. The van der Waals surface area contributed by atoms with Gasteiger partial charge in [0.1, 0.15) is 18.8 Å². The smallest absolute Gasteiger partial charge is 0.333 e. The minimum Gasteiger partial charge on any atom is -0.414 e. The van der Waals surface area contributed by atoms with Crippen LogP contribution in [0.1, 0.15) is 53.3 Å². The summed E-state index contributed by atoms with van der Waals surface area (Å²) in [4.78, 5) is 38.3. The average molecular weight is 647 g/mol. The highest BCUT2D eigenvalue weighted by molar-refractivity contribution is 7.90. The molecule has 1 aromatic heterocycles. The van der Waals surface area contributed by atoms with Gasteiger partial charge in [-0.25, -0.2) is 8.98 Å². The molecule has 1 amide bonds. The molecular weight excluding hydrogens is 601 g/mol. The topological polar surface area (TPSA) is 184 Å². The van der Waals surface area contributed by atoms with Crippen LogP contribution in [0.15, 0.2) is 26.9 Å². The fourth-order valence-electron chi connectivity index (χ4n) is 4.45. The van der Waals surface area contributed by atoms with Gasteiger partial charge in [-0.1, -0.05) is 41.5 Å². The number of nitrogens with zero attached hydrogens (tertiary/aromatic N) is 2. The van der Waals surface area contributed by atoms with Crippen LogP contribution < -0.4 is 22.7 Å². The summed E-state index contributed by atoms with van der Waals surface area (Å²) in [6, 6.07) is 0. The van der Waals surface area contributed by atoms with Crippen LogP contribution in [0.25, 0.3) is 0 Å². The Hall–Kier alpha value is -2.09. The molecule has 1 fully saturated rings. The Morgan fingerprint density at radius 3 is 2.07 bits per heavy atom. The zero-order valence-electron chi connectivity index (χ0n) is 26.4. The molecule has 1 saturated heterocycles. The van der Waals surface area contributed by atoms with Gasteiger partial charge < -0.3 is 25.1 Å². The number of aryl methyl sites for hydroxylation is 1. The van der Waals surface area contributed by atoms with Crippen LogP contribution in [0, 0.1) is 6.92 Å². The van der Waals surface area contributed by atoms with Gasteiger partial charge in [-0.3, -0.25) is 18.7 Å². The van der Waals surface area contributed by atoms with E-state index >= 15 is 0 Å². The molecule has 0 bridgehead atoms. The maximum absolute atomic E-state index is 13.7. The fourth-order valence-corrected chi connectivity index (χ4v) is 7.96. The third-order valence-corrected chi connectivity index (χ3v) is 19.0. The zero-order chi connectivity index (χ0) is 32.4. The van der Waals surface area contributed by atoms with Crippen molar-refractivity contribution in [2.24, 2.45) is 11.5 Å². The van der Waals surface area contributed by atoms with E-state index in [9.17, 15) is 22.8 Å². The monoisotopic (exact) mass is 646 g/mol. The number of aromatic nitrogens is 2. The minimum atomic E-state index is -4.26. The van der Waals surface area contributed by atoms with E-state index in [1.807, 2.05) is 47.0 Å². The summed E-state index contributed by atoms with van der Waals surface area (Å²) in [5.41, 5.74) is 8.34. The minimum absolute atomic E-state index is 0.108. The molecule has 0 radical (unpaired) electrons. The molecule has 1 aromatic rings. The molecule has 3 heterocycles. The third kappa shape index (κ3) is 6.12. The van der Waals surface area contributed by atoms with Crippen LogP contribution >= 0.6 is 0 Å². The number of carbonyl (C=O) groups excluding carboxylic acids is 1. The number of primary amides is 1. The summed E-state index contributed by atoms with van der Waals surface area (Å²) in [5, 5.41) is 0.301. The Labute approximate surface area is 249 Å². The predicted octanol–water partition coefficient (Wildman–Crippen LogP) is 2.01. The van der Waals surface area contributed by atoms with Crippen molar-refractivity contribution in [2.75, 3.05) is 6.61 Å². The number of hydrogen-bond donors (Lipinski definition) is 2. The standard InChI is InChI=1S/C26H46N4O9SSi2/c1-16-12-30(23(33)29(21(16)32)13-19(28)31)22-20(38-42(10,11)25(5,6)7)26(17(27)15-40(34,35)39-26)18(37-22)14-36-41(8,9)24(2,3)4/h12,15,18,20,22H,13-14,27H2,1-11H3,(H2,28,31)/t18-,20+,22-,26?/m1/s1. The summed E-state index contributed by atoms with van der Waals surface area (Å²) in [5.74, 6) is -0.887. The highest BCUT2D eigenvalue weighted by Crippen LogP contribution is 2.52. The number of nitrogens with two attached hydrogens (primary N) is 2. The molecule has 2 aliphatic heterocycles. The zero-order valence-corrected chi connectivity index (χ0v) is 29.2. The van der Waals surface area contributed by atoms with E-state index < -0.39 is 74.5 Å². The molecule has 1 spiro atoms. The molecule has 0 aliphatic carbocycles. The largest absolute Gasteiger partial charge is 0.414 e. The molecule has 16 heteroatoms. The SMILES string of the molecule is Cc1cn([C@@H]2O[C@H](CO[Si](C)(C)C(C)(C)C)C3(OS(=O)(=O)C=C3N)[C@H]2O[Si](C)(C)C(C)(C)C)c(=O)n(CC(N)=O)c1=O. The molecular formula is C26H46N4O9SSi2. The van der Waals surface area contributed by atoms with Crippen molar-refractivity contribution < 1.29 is 31.0 Å². The first-order valence-corrected chi connectivity index (χ1v) is 21.1. The molecule has 2 aliphatic rings. The average Bonchev–Trinajstić information content (AvgIpc) is 3.22. The van der Waals surface area contributed by atoms with Crippen molar-refractivity contribution in [3.8, 4) is 0 Å². The molecule has 4 atom stereocenters. The molecule has 0 saturated carbocycles. The van der Waals surface area contributed by atoms with Gasteiger partial charge in [-0.2, -0.15) is 8.42 Å². The lowest BCUT2D eigenvalue weighted by atomic mass is 9.89. The summed E-state index contributed by atoms with van der Waals surface area (Å²) < 4.78 is 53.2. The van der Waals surface area contributed by atoms with E-state index in [0.717, 1.165) is 9.98 Å². The Morgan fingerprint density at radius 2 is 1.62 bits per heavy atom. The highest BCUT2D eigenvalue weighted by atomic mass is 32.2. The number of rotatable bonds is 8. The quantitative estimate of drug-likeness (QED) is 0.313. The van der Waals surface area contributed by atoms with Gasteiger partial charge >= 0.3 is 5.69 Å². The second kappa shape index (κ2) is 10.8. The van der Waals surface area contributed by atoms with E-state index in [0.29, 0.717) is 4.57 Å². The van der Waals surface area contributed by atoms with Crippen molar-refractivity contribution in [3.05, 3.63) is 43.7 Å². The van der Waals surface area contributed by atoms with Gasteiger partial charge in [-0.05, 0) is 43.2 Å². The van der Waals surface area contributed by atoms with E-state index in [4.69, 9.17) is 29.2 Å². The van der Waals surface area contributed by atoms with Crippen molar-refractivity contribution in [1.82, 2.24) is 9.13 Å². The Bertz CT molecular complexity index is 1500. The number of ether oxygens (including phenoxy) is 1. The number of carbonyl (C=O) groups is 1. The normalized spacial score (nSPS) is 26.5. The van der Waals surface area contributed by atoms with Crippen LogP contribution in [0.2, 0.25) is 36.3 Å². The number of hydrogen-bond acceptors (Lipinski definition) is 10. The Kier molecular flexibility index (Phi) is 8.86. The van der Waals surface area contributed by atoms with Gasteiger partial charge in [-0.15, -0.1) is 0 Å². The molecule has 0 aromatic carbocycles. The Balaban J connectivity index is 2.31. The van der Waals surface area contributed by atoms with Crippen molar-refractivity contribution in [2.45, 2.75) is 115 Å². The second-order valence-electron chi connectivity index (χ2n) is 14.2. The summed E-state index contributed by atoms with van der Waals surface area (Å²) in [6.45, 7) is 20.9. The van der Waals surface area contributed by atoms with E-state index in [1.54, 1.807) is 0 Å². The molecule has 3 rings (SSSR count). The van der Waals surface area contributed by atoms with Crippen LogP contribution in [0.4, 0.5) is 0 Å². The molecule has 13 nitrogen and oxygen atoms in total. The lowest BCUT2D eigenvalue weighted by molar-refractivity contribution is -0.118. The van der Waals surface area contributed by atoms with Crippen molar-refractivity contribution in [1.29, 1.82) is 0 Å². The maximum Gasteiger partial charge on any atom is 0.333 e. The van der Waals surface area contributed by atoms with Crippen molar-refractivity contribution in [3.63, 3.8) is 0 Å². The fraction of sp³-hybridized carbons (Fsp3) is 0.731. The van der Waals surface area contributed by atoms with Crippen LogP contribution in [0.3, 0.4) is 0 Å². The van der Waals surface area contributed by atoms with Crippen LogP contribution in [0.5, 0.6) is 0 Å². The first-order valence-electron chi connectivity index (χ1n) is 13.8. The second-order valence-corrected chi connectivity index (χ2v) is 25.1. The predicted molar refractivity (Wildman–Crippen MR) is 163 cm³/mol. The summed E-state index contributed by atoms with van der Waals surface area (Å²) in [6.07, 6.45) is -2.39.